The van der Waals surface area contributed by atoms with Gasteiger partial charge in [0.1, 0.15) is 5.69 Å². The van der Waals surface area contributed by atoms with Gasteiger partial charge in [0.15, 0.2) is 17.5 Å². The van der Waals surface area contributed by atoms with E-state index in [1.807, 2.05) is 55.1 Å². The summed E-state index contributed by atoms with van der Waals surface area (Å²) in [5.41, 5.74) is 7.77. The first kappa shape index (κ1) is 37.9. The molecule has 0 saturated carbocycles. The van der Waals surface area contributed by atoms with Gasteiger partial charge in [0.05, 0.1) is 19.6 Å². The number of halogens is 2. The van der Waals surface area contributed by atoms with Crippen molar-refractivity contribution < 1.29 is 31.5 Å². The minimum Gasteiger partial charge on any atom is -1.00 e. The highest BCUT2D eigenvalue weighted by atomic mass is 79.9. The fourth-order valence-electron chi connectivity index (χ4n) is 6.05. The van der Waals surface area contributed by atoms with Crippen molar-refractivity contribution >= 4 is 68.0 Å². The highest BCUT2D eigenvalue weighted by Crippen LogP contribution is 2.39. The summed E-state index contributed by atoms with van der Waals surface area (Å²) in [5, 5.41) is 13.6. The number of benzene rings is 4. The van der Waals surface area contributed by atoms with Gasteiger partial charge in [-0.3, -0.25) is 9.79 Å². The van der Waals surface area contributed by atoms with Crippen LogP contribution in [0.3, 0.4) is 0 Å². The molecule has 1 N–H and O–H groups in total. The van der Waals surface area contributed by atoms with Crippen LogP contribution in [-0.2, 0) is 5.72 Å². The Labute approximate surface area is 313 Å². The quantitative estimate of drug-likeness (QED) is 0.224. The molecule has 0 saturated heterocycles. The average molecular weight is 811 g/mol. The lowest BCUT2D eigenvalue weighted by atomic mass is 10.0. The highest BCUT2D eigenvalue weighted by molar-refractivity contribution is 8.93. The number of ketones is 1. The van der Waals surface area contributed by atoms with E-state index in [4.69, 9.17) is 0 Å². The van der Waals surface area contributed by atoms with E-state index in [1.165, 1.54) is 22.0 Å². The van der Waals surface area contributed by atoms with E-state index in [9.17, 15) is 9.90 Å². The number of hydrogen-bond acceptors (Lipinski definition) is 7. The molecule has 3 aliphatic rings. The predicted octanol–water partition coefficient (Wildman–Crippen LogP) is 4.76. The molecule has 6 nitrogen and oxygen atoms in total. The number of rotatable bonds is 6. The molecule has 0 amide bonds. The van der Waals surface area contributed by atoms with Crippen LogP contribution >= 0.6 is 40.5 Å². The van der Waals surface area contributed by atoms with Gasteiger partial charge in [0.2, 0.25) is 0 Å². The number of aliphatic hydroxyl groups is 1. The second kappa shape index (κ2) is 16.7. The van der Waals surface area contributed by atoms with Crippen molar-refractivity contribution in [1.82, 2.24) is 0 Å². The van der Waals surface area contributed by atoms with Crippen molar-refractivity contribution in [2.24, 2.45) is 4.99 Å². The van der Waals surface area contributed by atoms with Crippen LogP contribution in [0.15, 0.2) is 102 Å². The molecule has 1 atom stereocenters. The second-order valence-electron chi connectivity index (χ2n) is 12.0. The van der Waals surface area contributed by atoms with Gasteiger partial charge in [-0.1, -0.05) is 108 Å². The number of amidine groups is 2. The first-order valence-electron chi connectivity index (χ1n) is 15.7. The third-order valence-electron chi connectivity index (χ3n) is 8.64. The Hall–Kier alpha value is -2.89. The smallest absolute Gasteiger partial charge is 0.316 e. The van der Waals surface area contributed by atoms with Crippen LogP contribution in [0, 0.1) is 27.7 Å². The lowest BCUT2D eigenvalue weighted by molar-refractivity contribution is -0.650. The third-order valence-corrected chi connectivity index (χ3v) is 10.7. The number of para-hydroxylation sites is 2. The van der Waals surface area contributed by atoms with E-state index in [0.717, 1.165) is 57.7 Å². The molecule has 1 unspecified atom stereocenters. The Kier molecular flexibility index (Phi) is 13.2. The Morgan fingerprint density at radius 3 is 2.10 bits per heavy atom. The van der Waals surface area contributed by atoms with E-state index in [0.29, 0.717) is 13.1 Å². The maximum absolute atomic E-state index is 12.7. The van der Waals surface area contributed by atoms with Gasteiger partial charge in [-0.15, -0.1) is 17.0 Å². The number of carbonyl (C=O) groups is 1. The van der Waals surface area contributed by atoms with Crippen LogP contribution < -0.4 is 26.8 Å². The molecule has 48 heavy (non-hydrogen) atoms. The number of aliphatic imine (C=N–C) groups is 1. The molecule has 0 bridgehead atoms. The molecule has 4 aromatic carbocycles. The predicted molar refractivity (Wildman–Crippen MR) is 205 cm³/mol. The Morgan fingerprint density at radius 1 is 0.854 bits per heavy atom. The zero-order valence-electron chi connectivity index (χ0n) is 27.7. The van der Waals surface area contributed by atoms with Gasteiger partial charge in [-0.05, 0) is 62.7 Å². The van der Waals surface area contributed by atoms with Crippen molar-refractivity contribution in [2.45, 2.75) is 33.4 Å². The van der Waals surface area contributed by atoms with Crippen molar-refractivity contribution in [2.75, 3.05) is 47.5 Å². The molecule has 4 aromatic rings. The van der Waals surface area contributed by atoms with Crippen LogP contribution in [-0.4, -0.2) is 63.5 Å². The zero-order valence-corrected chi connectivity index (χ0v) is 32.7. The first-order valence-corrected chi connectivity index (χ1v) is 17.7. The topological polar surface area (TPSA) is 59.2 Å². The summed E-state index contributed by atoms with van der Waals surface area (Å²) >= 11 is 3.55. The number of aryl methyl sites for hydroxylation is 4. The van der Waals surface area contributed by atoms with E-state index in [1.54, 1.807) is 11.8 Å². The zero-order chi connectivity index (χ0) is 32.3. The summed E-state index contributed by atoms with van der Waals surface area (Å²) in [7, 11) is 0. The normalized spacial score (nSPS) is 17.9. The highest BCUT2D eigenvalue weighted by Gasteiger charge is 2.54. The molecule has 3 aliphatic heterocycles. The van der Waals surface area contributed by atoms with Crippen LogP contribution in [0.5, 0.6) is 0 Å². The minimum atomic E-state index is -0.950. The fourth-order valence-corrected chi connectivity index (χ4v) is 8.09. The number of Topliss-reactive ketones (excluding diaryl/α,β-unsaturated/α-hetero) is 1. The monoisotopic (exact) mass is 808 g/mol. The largest absolute Gasteiger partial charge is 1.00 e. The van der Waals surface area contributed by atoms with Gasteiger partial charge in [0.25, 0.3) is 5.72 Å². The molecule has 0 aromatic heterocycles. The van der Waals surface area contributed by atoms with Crippen LogP contribution in [0.25, 0.3) is 0 Å². The summed E-state index contributed by atoms with van der Waals surface area (Å²) in [6.07, 6.45) is 0. The van der Waals surface area contributed by atoms with Crippen LogP contribution in [0.2, 0.25) is 0 Å². The molecular formula is C38H42Br2N4O2S2. The number of thioether (sulfide) groups is 2. The summed E-state index contributed by atoms with van der Waals surface area (Å²) in [6, 6.07) is 32.6. The first-order chi connectivity index (χ1) is 22.2. The second-order valence-corrected chi connectivity index (χ2v) is 14.1. The molecule has 10 heteroatoms. The lowest BCUT2D eigenvalue weighted by Crippen LogP contribution is -3.00. The SMILES string of the molecule is Br.Cc1ccc(C(=O)CN(C2=NCCS2)c2ccccc2C)cc1.Cc1ccc(C2(O)CN(c3ccccc3C)C3=[N+]2CCS3)cc1.[Br-]. The van der Waals surface area contributed by atoms with E-state index in [-0.39, 0.29) is 39.7 Å². The Morgan fingerprint density at radius 2 is 1.48 bits per heavy atom. The molecule has 252 valence electrons. The molecule has 7 rings (SSSR count). The maximum Gasteiger partial charge on any atom is 0.316 e. The minimum absolute atomic E-state index is 0. The van der Waals surface area contributed by atoms with E-state index < -0.39 is 5.72 Å². The molecule has 0 fully saturated rings. The number of β-amino-alcohol motifs (C(OH)–C–C–N with tert-alkyl or cyclic N) is 1. The number of anilines is 2. The number of nitrogens with zero attached hydrogens (tertiary/aromatic N) is 4. The summed E-state index contributed by atoms with van der Waals surface area (Å²) < 4.78 is 2.16. The summed E-state index contributed by atoms with van der Waals surface area (Å²) in [5.74, 6) is 2.12. The van der Waals surface area contributed by atoms with Gasteiger partial charge in [0, 0.05) is 28.3 Å². The molecule has 0 aliphatic carbocycles. The van der Waals surface area contributed by atoms with E-state index in [2.05, 4.69) is 101 Å². The Bertz CT molecular complexity index is 1800. The summed E-state index contributed by atoms with van der Waals surface area (Å²) in [4.78, 5) is 21.6. The average Bonchev–Trinajstić information content (AvgIpc) is 3.82. The third kappa shape index (κ3) is 8.11. The fraction of sp³-hybridized carbons (Fsp3) is 0.289. The van der Waals surface area contributed by atoms with Gasteiger partial charge in [-0.2, -0.15) is 0 Å². The molecule has 3 heterocycles. The molecular weight excluding hydrogens is 768 g/mol. The molecule has 0 spiro atoms. The van der Waals surface area contributed by atoms with Crippen molar-refractivity contribution in [1.29, 1.82) is 0 Å². The van der Waals surface area contributed by atoms with Crippen LogP contribution in [0.1, 0.15) is 38.2 Å². The lowest BCUT2D eigenvalue weighted by Gasteiger charge is -2.25. The Balaban J connectivity index is 0.000000208. The van der Waals surface area contributed by atoms with Gasteiger partial charge < -0.3 is 27.0 Å². The standard InChI is InChI=1S/C19H21N2OS.C19H20N2OS.2BrH/c1-14-7-9-16(10-8-14)19(22)13-20(18-21(19)11-12-23-18)17-6-4-3-5-15(17)2;1-14-7-9-16(10-8-14)18(22)13-21(19-20-11-12-23-19)17-6-4-3-5-15(17)2;;/h3-10,22H,11-13H2,1-2H3;3-10H,11-13H2,1-2H3;2*1H/q+1;;;/p-1. The molecule has 0 radical (unpaired) electrons. The summed E-state index contributed by atoms with van der Waals surface area (Å²) in [6.45, 7) is 10.9. The van der Waals surface area contributed by atoms with Crippen molar-refractivity contribution in [3.63, 3.8) is 0 Å². The number of carbonyl (C=O) groups excluding carboxylic acids is 1. The van der Waals surface area contributed by atoms with Gasteiger partial charge in [-0.25, -0.2) is 9.48 Å². The maximum atomic E-state index is 12.7. The van der Waals surface area contributed by atoms with Crippen LogP contribution in [0.4, 0.5) is 11.4 Å². The van der Waals surface area contributed by atoms with Gasteiger partial charge >= 0.3 is 5.17 Å². The van der Waals surface area contributed by atoms with Crippen molar-refractivity contribution in [3.05, 3.63) is 130 Å². The van der Waals surface area contributed by atoms with Crippen molar-refractivity contribution in [3.8, 4) is 0 Å². The number of hydrogen-bond donors (Lipinski definition) is 1. The van der Waals surface area contributed by atoms with E-state index >= 15 is 0 Å².